The first-order valence-electron chi connectivity index (χ1n) is 4.54. The molecule has 0 bridgehead atoms. The maximum Gasteiger partial charge on any atom is 1.00 e. The summed E-state index contributed by atoms with van der Waals surface area (Å²) < 4.78 is 0. The zero-order valence-corrected chi connectivity index (χ0v) is 9.15. The number of carboxylic acid groups (broad SMARTS) is 1. The molecule has 0 amide bonds. The Kier molecular flexibility index (Phi) is 3.37. The Labute approximate surface area is 105 Å². The summed E-state index contributed by atoms with van der Waals surface area (Å²) in [4.78, 5) is 10.9. The normalized spacial score (nSPS) is 21.6. The predicted molar refractivity (Wildman–Crippen MR) is 54.2 cm³/mol. The van der Waals surface area contributed by atoms with E-state index in [1.165, 1.54) is 19.1 Å². The van der Waals surface area contributed by atoms with Gasteiger partial charge in [-0.3, -0.25) is 0 Å². The van der Waals surface area contributed by atoms with Gasteiger partial charge in [0.1, 0.15) is 5.75 Å². The number of rotatable bonds is 1. The van der Waals surface area contributed by atoms with Crippen molar-refractivity contribution in [2.24, 2.45) is 0 Å². The molecule has 1 aromatic carbocycles. The van der Waals surface area contributed by atoms with Crippen LogP contribution >= 0.6 is 0 Å². The van der Waals surface area contributed by atoms with E-state index in [0.717, 1.165) is 5.56 Å². The zero-order chi connectivity index (χ0) is 11.1. The van der Waals surface area contributed by atoms with Gasteiger partial charge >= 0.3 is 18.9 Å². The van der Waals surface area contributed by atoms with E-state index in [4.69, 9.17) is 0 Å². The van der Waals surface area contributed by atoms with Crippen molar-refractivity contribution in [3.05, 3.63) is 29.8 Å². The molecule has 0 saturated heterocycles. The van der Waals surface area contributed by atoms with Gasteiger partial charge in [0, 0.05) is 5.56 Å². The predicted octanol–water partition coefficient (Wildman–Crippen LogP) is -2.66. The molecule has 1 unspecified atom stereocenters. The van der Waals surface area contributed by atoms with Gasteiger partial charge in [-0.2, -0.15) is 0 Å². The van der Waals surface area contributed by atoms with E-state index >= 15 is 0 Å². The van der Waals surface area contributed by atoms with Crippen LogP contribution in [0, 0.1) is 0 Å². The van der Waals surface area contributed by atoms with E-state index in [0.29, 0.717) is 5.69 Å². The number of para-hydroxylation sites is 1. The third-order valence-electron chi connectivity index (χ3n) is 2.48. The summed E-state index contributed by atoms with van der Waals surface area (Å²) >= 11 is 0. The van der Waals surface area contributed by atoms with Gasteiger partial charge in [-0.15, -0.1) is 0 Å². The molecule has 4 nitrogen and oxygen atoms in total. The maximum atomic E-state index is 10.9. The molecule has 1 atom stereocenters. The molecule has 16 heavy (non-hydrogen) atoms. The zero-order valence-electron chi connectivity index (χ0n) is 9.15. The number of aromatic hydroxyl groups is 1. The fourth-order valence-corrected chi connectivity index (χ4v) is 1.51. The molecule has 78 valence electrons. The number of hydrogen-bond donors (Lipinski definition) is 2. The molecule has 0 saturated carbocycles. The van der Waals surface area contributed by atoms with Crippen LogP contribution in [0.25, 0.3) is 6.08 Å². The second kappa shape index (κ2) is 4.24. The van der Waals surface area contributed by atoms with E-state index < -0.39 is 11.5 Å². The minimum absolute atomic E-state index is 0. The third-order valence-corrected chi connectivity index (χ3v) is 2.48. The van der Waals surface area contributed by atoms with Crippen molar-refractivity contribution in [1.29, 1.82) is 0 Å². The summed E-state index contributed by atoms with van der Waals surface area (Å²) in [5.74, 6) is -1.20. The van der Waals surface area contributed by atoms with Crippen LogP contribution in [0.5, 0.6) is 5.75 Å². The number of aliphatic carboxylic acids is 1. The van der Waals surface area contributed by atoms with Crippen molar-refractivity contribution in [1.82, 2.24) is 0 Å². The minimum atomic E-state index is -1.27. The third kappa shape index (κ3) is 1.94. The fraction of sp³-hybridized carbons (Fsp3) is 0.182. The Balaban J connectivity index is 0.00000128. The number of anilines is 1. The van der Waals surface area contributed by atoms with Gasteiger partial charge in [0.2, 0.25) is 0 Å². The molecule has 0 spiro atoms. The number of carbonyl (C=O) groups excluding carboxylic acids is 1. The second-order valence-corrected chi connectivity index (χ2v) is 3.69. The molecular formula is C11H10LiNO3. The van der Waals surface area contributed by atoms with Crippen molar-refractivity contribution >= 4 is 17.7 Å². The van der Waals surface area contributed by atoms with E-state index in [1.54, 1.807) is 18.2 Å². The van der Waals surface area contributed by atoms with Crippen LogP contribution in [0.2, 0.25) is 0 Å². The first-order chi connectivity index (χ1) is 7.03. The average molecular weight is 211 g/mol. The van der Waals surface area contributed by atoms with Crippen LogP contribution in [0.1, 0.15) is 12.5 Å². The quantitative estimate of drug-likeness (QED) is 0.393. The largest absolute Gasteiger partial charge is 1.00 e. The van der Waals surface area contributed by atoms with Crippen LogP contribution in [-0.4, -0.2) is 16.6 Å². The molecule has 0 aliphatic carbocycles. The van der Waals surface area contributed by atoms with Crippen molar-refractivity contribution in [3.8, 4) is 5.75 Å². The molecule has 1 aromatic rings. The molecule has 1 aliphatic heterocycles. The van der Waals surface area contributed by atoms with Crippen molar-refractivity contribution in [2.45, 2.75) is 12.5 Å². The molecule has 2 N–H and O–H groups in total. The Bertz CT molecular complexity index is 459. The number of hydrogen-bond acceptors (Lipinski definition) is 4. The Morgan fingerprint density at radius 1 is 1.50 bits per heavy atom. The Hall–Kier alpha value is -1.37. The summed E-state index contributed by atoms with van der Waals surface area (Å²) in [6.45, 7) is 1.48. The first kappa shape index (κ1) is 12.7. The van der Waals surface area contributed by atoms with Crippen LogP contribution in [-0.2, 0) is 4.79 Å². The summed E-state index contributed by atoms with van der Waals surface area (Å²) in [6, 6.07) is 4.98. The summed E-state index contributed by atoms with van der Waals surface area (Å²) in [5, 5.41) is 23.2. The van der Waals surface area contributed by atoms with E-state index in [9.17, 15) is 15.0 Å². The number of fused-ring (bicyclic) bond motifs is 1. The monoisotopic (exact) mass is 211 g/mol. The van der Waals surface area contributed by atoms with Crippen LogP contribution < -0.4 is 29.3 Å². The SMILES string of the molecule is CC1(C(=O)[O-])C=Cc2cccc(O)c2N1.[Li+]. The van der Waals surface area contributed by atoms with Crippen molar-refractivity contribution < 1.29 is 33.9 Å². The summed E-state index contributed by atoms with van der Waals surface area (Å²) in [6.07, 6.45) is 3.16. The number of phenols is 1. The molecule has 1 heterocycles. The molecule has 2 rings (SSSR count). The molecule has 0 fully saturated rings. The smallest absolute Gasteiger partial charge is 0.547 e. The summed E-state index contributed by atoms with van der Waals surface area (Å²) in [7, 11) is 0. The second-order valence-electron chi connectivity index (χ2n) is 3.69. The van der Waals surface area contributed by atoms with Crippen molar-refractivity contribution in [2.75, 3.05) is 5.32 Å². The molecular weight excluding hydrogens is 201 g/mol. The van der Waals surface area contributed by atoms with Crippen LogP contribution in [0.15, 0.2) is 24.3 Å². The Morgan fingerprint density at radius 3 is 2.81 bits per heavy atom. The molecule has 5 heteroatoms. The topological polar surface area (TPSA) is 72.4 Å². The van der Waals surface area contributed by atoms with Gasteiger partial charge in [-0.05, 0) is 13.0 Å². The Morgan fingerprint density at radius 2 is 2.19 bits per heavy atom. The minimum Gasteiger partial charge on any atom is -0.547 e. The van der Waals surface area contributed by atoms with E-state index in [2.05, 4.69) is 5.32 Å². The van der Waals surface area contributed by atoms with Gasteiger partial charge in [0.15, 0.2) is 0 Å². The van der Waals surface area contributed by atoms with Gasteiger partial charge in [-0.1, -0.05) is 24.3 Å². The van der Waals surface area contributed by atoms with Crippen LogP contribution in [0.4, 0.5) is 5.69 Å². The van der Waals surface area contributed by atoms with Gasteiger partial charge in [-0.25, -0.2) is 0 Å². The van der Waals surface area contributed by atoms with Crippen LogP contribution in [0.3, 0.4) is 0 Å². The van der Waals surface area contributed by atoms with Gasteiger partial charge in [0.05, 0.1) is 17.2 Å². The van der Waals surface area contributed by atoms with Gasteiger partial charge < -0.3 is 20.3 Å². The first-order valence-corrected chi connectivity index (χ1v) is 4.54. The van der Waals surface area contributed by atoms with E-state index in [-0.39, 0.29) is 24.6 Å². The maximum absolute atomic E-state index is 10.9. The number of nitrogens with one attached hydrogen (secondary N) is 1. The standard InChI is InChI=1S/C11H11NO3.Li/c1-11(10(14)15)6-5-7-3-2-4-8(13)9(7)12-11;/h2-6,12-13H,1H3,(H,14,15);/q;+1/p-1. The number of carbonyl (C=O) groups is 1. The number of phenolic OH excluding ortho intramolecular Hbond substituents is 1. The average Bonchev–Trinajstić information content (AvgIpc) is 2.19. The summed E-state index contributed by atoms with van der Waals surface area (Å²) in [5.41, 5.74) is -0.0910. The fourth-order valence-electron chi connectivity index (χ4n) is 1.51. The molecule has 0 radical (unpaired) electrons. The number of benzene rings is 1. The molecule has 1 aliphatic rings. The number of carboxylic acids is 1. The van der Waals surface area contributed by atoms with Crippen molar-refractivity contribution in [3.63, 3.8) is 0 Å². The molecule has 0 aromatic heterocycles. The van der Waals surface area contributed by atoms with Gasteiger partial charge in [0.25, 0.3) is 0 Å². The van der Waals surface area contributed by atoms with E-state index in [1.807, 2.05) is 0 Å².